The maximum atomic E-state index is 11.9. The molecular formula is C14H27N3O. The Morgan fingerprint density at radius 1 is 1.33 bits per heavy atom. The second-order valence-electron chi connectivity index (χ2n) is 6.34. The highest BCUT2D eigenvalue weighted by molar-refractivity contribution is 5.86. The highest BCUT2D eigenvalue weighted by Crippen LogP contribution is 2.40. The van der Waals surface area contributed by atoms with Gasteiger partial charge in [-0.2, -0.15) is 0 Å². The summed E-state index contributed by atoms with van der Waals surface area (Å²) < 4.78 is 0. The van der Waals surface area contributed by atoms with Crippen LogP contribution in [0, 0.1) is 17.8 Å². The van der Waals surface area contributed by atoms with Gasteiger partial charge in [0, 0.05) is 13.1 Å². The molecule has 4 heteroatoms. The first kappa shape index (κ1) is 13.8. The van der Waals surface area contributed by atoms with Crippen LogP contribution in [-0.2, 0) is 4.79 Å². The van der Waals surface area contributed by atoms with Crippen LogP contribution in [-0.4, -0.2) is 43.0 Å². The van der Waals surface area contributed by atoms with Crippen LogP contribution >= 0.6 is 0 Å². The van der Waals surface area contributed by atoms with E-state index in [-0.39, 0.29) is 5.91 Å². The van der Waals surface area contributed by atoms with Crippen LogP contribution in [0.4, 0.5) is 0 Å². The molecule has 0 aromatic heterocycles. The van der Waals surface area contributed by atoms with Gasteiger partial charge < -0.3 is 16.0 Å². The summed E-state index contributed by atoms with van der Waals surface area (Å²) in [5, 5.41) is 3.23. The van der Waals surface area contributed by atoms with Crippen molar-refractivity contribution >= 4 is 5.91 Å². The molecule has 2 fully saturated rings. The number of likely N-dealkylation sites (tertiary alicyclic amines) is 1. The Balaban J connectivity index is 2.03. The van der Waals surface area contributed by atoms with E-state index in [9.17, 15) is 4.79 Å². The zero-order valence-corrected chi connectivity index (χ0v) is 11.9. The number of piperidine rings is 1. The minimum atomic E-state index is -0.500. The monoisotopic (exact) mass is 253 g/mol. The van der Waals surface area contributed by atoms with Crippen molar-refractivity contribution in [2.45, 2.75) is 38.6 Å². The lowest BCUT2D eigenvalue weighted by atomic mass is 9.86. The van der Waals surface area contributed by atoms with Gasteiger partial charge in [0.2, 0.25) is 5.91 Å². The third kappa shape index (κ3) is 2.54. The topological polar surface area (TPSA) is 58.4 Å². The van der Waals surface area contributed by atoms with Crippen molar-refractivity contribution in [2.75, 3.05) is 26.7 Å². The van der Waals surface area contributed by atoms with Gasteiger partial charge in [-0.05, 0) is 50.6 Å². The second kappa shape index (κ2) is 5.17. The van der Waals surface area contributed by atoms with E-state index in [1.807, 2.05) is 7.05 Å². The van der Waals surface area contributed by atoms with Gasteiger partial charge in [-0.1, -0.05) is 13.8 Å². The standard InChI is InChI=1S/C14H27N3O/c1-10-6-7-17(8-11(10)2)9-14(16-3,13(15)18)12-4-5-12/h10-12,16H,4-9H2,1-3H3,(H2,15,18). The number of nitrogens with one attached hydrogen (secondary N) is 1. The summed E-state index contributed by atoms with van der Waals surface area (Å²) in [6.45, 7) is 7.58. The van der Waals surface area contributed by atoms with E-state index in [1.165, 1.54) is 6.42 Å². The Morgan fingerprint density at radius 3 is 2.44 bits per heavy atom. The SMILES string of the molecule is CNC(CN1CCC(C)C(C)C1)(C(N)=O)C1CC1. The number of nitrogens with zero attached hydrogens (tertiary/aromatic N) is 1. The largest absolute Gasteiger partial charge is 0.368 e. The molecule has 0 bridgehead atoms. The van der Waals surface area contributed by atoms with Crippen molar-refractivity contribution in [3.05, 3.63) is 0 Å². The molecule has 18 heavy (non-hydrogen) atoms. The molecule has 4 nitrogen and oxygen atoms in total. The molecule has 1 aliphatic carbocycles. The average molecular weight is 253 g/mol. The first-order valence-electron chi connectivity index (χ1n) is 7.20. The molecule has 1 saturated carbocycles. The summed E-state index contributed by atoms with van der Waals surface area (Å²) in [6.07, 6.45) is 3.48. The second-order valence-corrected chi connectivity index (χ2v) is 6.34. The normalized spacial score (nSPS) is 33.1. The van der Waals surface area contributed by atoms with E-state index in [4.69, 9.17) is 5.73 Å². The van der Waals surface area contributed by atoms with Crippen molar-refractivity contribution in [1.82, 2.24) is 10.2 Å². The van der Waals surface area contributed by atoms with Crippen molar-refractivity contribution in [3.8, 4) is 0 Å². The van der Waals surface area contributed by atoms with Gasteiger partial charge in [0.25, 0.3) is 0 Å². The first-order valence-corrected chi connectivity index (χ1v) is 7.20. The minimum absolute atomic E-state index is 0.182. The maximum Gasteiger partial charge on any atom is 0.239 e. The molecule has 3 unspecified atom stereocenters. The minimum Gasteiger partial charge on any atom is -0.368 e. The van der Waals surface area contributed by atoms with E-state index in [0.29, 0.717) is 11.8 Å². The van der Waals surface area contributed by atoms with E-state index in [0.717, 1.165) is 38.4 Å². The molecule has 0 aromatic carbocycles. The average Bonchev–Trinajstić information content (AvgIpc) is 3.14. The molecule has 0 radical (unpaired) electrons. The van der Waals surface area contributed by atoms with Gasteiger partial charge in [0.1, 0.15) is 5.54 Å². The Hall–Kier alpha value is -0.610. The van der Waals surface area contributed by atoms with Crippen LogP contribution in [0.2, 0.25) is 0 Å². The molecule has 2 rings (SSSR count). The molecule has 3 N–H and O–H groups in total. The molecular weight excluding hydrogens is 226 g/mol. The number of carbonyl (C=O) groups is 1. The van der Waals surface area contributed by atoms with Crippen molar-refractivity contribution in [3.63, 3.8) is 0 Å². The Bertz CT molecular complexity index is 316. The lowest BCUT2D eigenvalue weighted by molar-refractivity contribution is -0.126. The van der Waals surface area contributed by atoms with Gasteiger partial charge in [-0.15, -0.1) is 0 Å². The van der Waals surface area contributed by atoms with Crippen LogP contribution in [0.1, 0.15) is 33.1 Å². The van der Waals surface area contributed by atoms with Crippen LogP contribution < -0.4 is 11.1 Å². The van der Waals surface area contributed by atoms with Gasteiger partial charge in [-0.3, -0.25) is 4.79 Å². The number of hydrogen-bond donors (Lipinski definition) is 2. The first-order chi connectivity index (χ1) is 8.49. The van der Waals surface area contributed by atoms with Gasteiger partial charge in [-0.25, -0.2) is 0 Å². The van der Waals surface area contributed by atoms with Crippen molar-refractivity contribution in [1.29, 1.82) is 0 Å². The van der Waals surface area contributed by atoms with Crippen molar-refractivity contribution in [2.24, 2.45) is 23.5 Å². The number of carbonyl (C=O) groups excluding carboxylic acids is 1. The Kier molecular flexibility index (Phi) is 3.97. The number of nitrogens with two attached hydrogens (primary N) is 1. The summed E-state index contributed by atoms with van der Waals surface area (Å²) >= 11 is 0. The van der Waals surface area contributed by atoms with E-state index < -0.39 is 5.54 Å². The van der Waals surface area contributed by atoms with Gasteiger partial charge in [0.05, 0.1) is 0 Å². The highest BCUT2D eigenvalue weighted by atomic mass is 16.1. The number of amides is 1. The van der Waals surface area contributed by atoms with Crippen LogP contribution in [0.5, 0.6) is 0 Å². The Morgan fingerprint density at radius 2 is 2.00 bits per heavy atom. The number of rotatable bonds is 5. The molecule has 2 aliphatic rings. The zero-order valence-electron chi connectivity index (χ0n) is 11.9. The zero-order chi connectivity index (χ0) is 13.3. The predicted molar refractivity (Wildman–Crippen MR) is 73.1 cm³/mol. The number of hydrogen-bond acceptors (Lipinski definition) is 3. The third-order valence-corrected chi connectivity index (χ3v) is 5.05. The smallest absolute Gasteiger partial charge is 0.239 e. The summed E-state index contributed by atoms with van der Waals surface area (Å²) in [5.41, 5.74) is 5.17. The van der Waals surface area contributed by atoms with E-state index in [2.05, 4.69) is 24.1 Å². The van der Waals surface area contributed by atoms with Crippen LogP contribution in [0.25, 0.3) is 0 Å². The molecule has 104 valence electrons. The molecule has 0 aromatic rings. The van der Waals surface area contributed by atoms with Gasteiger partial charge in [0.15, 0.2) is 0 Å². The summed E-state index contributed by atoms with van der Waals surface area (Å²) in [4.78, 5) is 14.3. The fourth-order valence-electron chi connectivity index (χ4n) is 3.24. The molecule has 1 amide bonds. The van der Waals surface area contributed by atoms with E-state index in [1.54, 1.807) is 0 Å². The lowest BCUT2D eigenvalue weighted by Gasteiger charge is -2.41. The number of likely N-dealkylation sites (N-methyl/N-ethyl adjacent to an activating group) is 1. The summed E-state index contributed by atoms with van der Waals surface area (Å²) in [7, 11) is 1.87. The fraction of sp³-hybridized carbons (Fsp3) is 0.929. The molecule has 1 aliphatic heterocycles. The summed E-state index contributed by atoms with van der Waals surface area (Å²) in [5.74, 6) is 1.76. The molecule has 1 heterocycles. The van der Waals surface area contributed by atoms with Crippen LogP contribution in [0.3, 0.4) is 0 Å². The van der Waals surface area contributed by atoms with Crippen molar-refractivity contribution < 1.29 is 4.79 Å². The number of primary amides is 1. The summed E-state index contributed by atoms with van der Waals surface area (Å²) in [6, 6.07) is 0. The molecule has 3 atom stereocenters. The Labute approximate surface area is 110 Å². The molecule has 0 spiro atoms. The van der Waals surface area contributed by atoms with Crippen LogP contribution in [0.15, 0.2) is 0 Å². The van der Waals surface area contributed by atoms with Gasteiger partial charge >= 0.3 is 0 Å². The lowest BCUT2D eigenvalue weighted by Crippen LogP contribution is -2.63. The maximum absolute atomic E-state index is 11.9. The highest BCUT2D eigenvalue weighted by Gasteiger charge is 2.50. The fourth-order valence-corrected chi connectivity index (χ4v) is 3.24. The third-order valence-electron chi connectivity index (χ3n) is 5.05. The van der Waals surface area contributed by atoms with E-state index >= 15 is 0 Å². The molecule has 1 saturated heterocycles. The predicted octanol–water partition coefficient (Wildman–Crippen LogP) is 0.818. The quantitative estimate of drug-likeness (QED) is 0.762.